The Morgan fingerprint density at radius 1 is 1.50 bits per heavy atom. The van der Waals surface area contributed by atoms with Crippen molar-refractivity contribution >= 4 is 11.7 Å². The van der Waals surface area contributed by atoms with Gasteiger partial charge in [-0.15, -0.1) is 0 Å². The lowest BCUT2D eigenvalue weighted by molar-refractivity contribution is -0.144. The molecule has 0 fully saturated rings. The molecule has 0 aliphatic carbocycles. The smallest absolute Gasteiger partial charge is 0.323 e. The highest BCUT2D eigenvalue weighted by Crippen LogP contribution is 2.31. The largest absolute Gasteiger partial charge is 0.480 e. The quantitative estimate of drug-likeness (QED) is 0.866. The van der Waals surface area contributed by atoms with Crippen LogP contribution in [0.15, 0.2) is 24.3 Å². The lowest BCUT2D eigenvalue weighted by atomic mass is 9.93. The fourth-order valence-electron chi connectivity index (χ4n) is 2.78. The molecule has 2 unspecified atom stereocenters. The average molecular weight is 276 g/mol. The molecule has 1 aromatic carbocycles. The molecule has 2 rings (SSSR count). The van der Waals surface area contributed by atoms with E-state index in [0.29, 0.717) is 12.5 Å². The molecule has 0 saturated heterocycles. The van der Waals surface area contributed by atoms with E-state index in [2.05, 4.69) is 41.4 Å². The van der Waals surface area contributed by atoms with E-state index in [1.54, 1.807) is 14.0 Å². The molecule has 1 aliphatic heterocycles. The minimum atomic E-state index is -0.869. The van der Waals surface area contributed by atoms with Crippen LogP contribution in [0.5, 0.6) is 0 Å². The zero-order chi connectivity index (χ0) is 14.8. The summed E-state index contributed by atoms with van der Waals surface area (Å²) in [5, 5.41) is 12.3. The van der Waals surface area contributed by atoms with Gasteiger partial charge in [0.25, 0.3) is 0 Å². The molecular formula is C16H24N2O2. The monoisotopic (exact) mass is 276 g/mol. The molecule has 0 spiro atoms. The zero-order valence-corrected chi connectivity index (χ0v) is 12.5. The molecule has 2 N–H and O–H groups in total. The Bertz CT molecular complexity index is 489. The summed E-state index contributed by atoms with van der Waals surface area (Å²) in [6.07, 6.45) is 2.81. The Labute approximate surface area is 120 Å². The van der Waals surface area contributed by atoms with Gasteiger partial charge in [-0.3, -0.25) is 4.79 Å². The number of carboxylic acid groups (broad SMARTS) is 1. The highest BCUT2D eigenvalue weighted by atomic mass is 16.4. The molecule has 0 aromatic heterocycles. The van der Waals surface area contributed by atoms with E-state index < -0.39 is 11.5 Å². The van der Waals surface area contributed by atoms with Crippen molar-refractivity contribution in [1.82, 2.24) is 5.32 Å². The molecule has 1 heterocycles. The number of hydrogen-bond acceptors (Lipinski definition) is 3. The van der Waals surface area contributed by atoms with Crippen LogP contribution in [0.2, 0.25) is 0 Å². The second-order valence-electron chi connectivity index (χ2n) is 5.85. The lowest BCUT2D eigenvalue weighted by Crippen LogP contribution is -2.51. The molecule has 4 heteroatoms. The van der Waals surface area contributed by atoms with Gasteiger partial charge in [0.15, 0.2) is 0 Å². The SMILES string of the molecule is CNC(C)(CCN1c2ccccc2CCC1C)C(=O)O. The van der Waals surface area contributed by atoms with Gasteiger partial charge in [0.2, 0.25) is 0 Å². The van der Waals surface area contributed by atoms with E-state index in [-0.39, 0.29) is 0 Å². The Kier molecular flexibility index (Phi) is 4.33. The van der Waals surface area contributed by atoms with Crippen molar-refractivity contribution in [3.8, 4) is 0 Å². The lowest BCUT2D eigenvalue weighted by Gasteiger charge is -2.39. The van der Waals surface area contributed by atoms with Crippen LogP contribution in [-0.4, -0.2) is 36.2 Å². The van der Waals surface area contributed by atoms with Gasteiger partial charge in [-0.2, -0.15) is 0 Å². The van der Waals surface area contributed by atoms with Crippen LogP contribution in [0.25, 0.3) is 0 Å². The fourth-order valence-corrected chi connectivity index (χ4v) is 2.78. The standard InChI is InChI=1S/C16H24N2O2/c1-12-8-9-13-6-4-5-7-14(13)18(12)11-10-16(2,17-3)15(19)20/h4-7,12,17H,8-11H2,1-3H3,(H,19,20). The van der Waals surface area contributed by atoms with E-state index in [1.165, 1.54) is 11.3 Å². The Balaban J connectivity index is 2.15. The van der Waals surface area contributed by atoms with Crippen molar-refractivity contribution in [1.29, 1.82) is 0 Å². The van der Waals surface area contributed by atoms with Crippen LogP contribution in [0.1, 0.15) is 32.3 Å². The first-order chi connectivity index (χ1) is 9.48. The number of nitrogens with one attached hydrogen (secondary N) is 1. The van der Waals surface area contributed by atoms with E-state index in [9.17, 15) is 9.90 Å². The summed E-state index contributed by atoms with van der Waals surface area (Å²) >= 11 is 0. The predicted octanol–water partition coefficient (Wildman–Crippen LogP) is 2.28. The molecule has 0 radical (unpaired) electrons. The summed E-state index contributed by atoms with van der Waals surface area (Å²) in [5.74, 6) is -0.794. The second kappa shape index (κ2) is 5.83. The average Bonchev–Trinajstić information content (AvgIpc) is 2.45. The summed E-state index contributed by atoms with van der Waals surface area (Å²) in [6.45, 7) is 4.71. The maximum absolute atomic E-state index is 11.4. The van der Waals surface area contributed by atoms with Crippen LogP contribution in [-0.2, 0) is 11.2 Å². The molecule has 0 bridgehead atoms. The summed E-state index contributed by atoms with van der Waals surface area (Å²) in [7, 11) is 1.71. The van der Waals surface area contributed by atoms with Crippen LogP contribution >= 0.6 is 0 Å². The first-order valence-corrected chi connectivity index (χ1v) is 7.25. The van der Waals surface area contributed by atoms with Gasteiger partial charge in [0.1, 0.15) is 5.54 Å². The summed E-state index contributed by atoms with van der Waals surface area (Å²) in [6, 6.07) is 8.89. The molecule has 1 aromatic rings. The molecule has 20 heavy (non-hydrogen) atoms. The van der Waals surface area contributed by atoms with Gasteiger partial charge in [-0.1, -0.05) is 18.2 Å². The summed E-state index contributed by atoms with van der Waals surface area (Å²) in [5.41, 5.74) is 1.76. The number of rotatable bonds is 5. The third-order valence-electron chi connectivity index (χ3n) is 4.54. The Morgan fingerprint density at radius 3 is 2.85 bits per heavy atom. The van der Waals surface area contributed by atoms with Crippen molar-refractivity contribution < 1.29 is 9.90 Å². The number of anilines is 1. The van der Waals surface area contributed by atoms with Crippen molar-refractivity contribution in [3.05, 3.63) is 29.8 Å². The van der Waals surface area contributed by atoms with Crippen molar-refractivity contribution in [2.45, 2.75) is 44.7 Å². The molecule has 110 valence electrons. The highest BCUT2D eigenvalue weighted by Gasteiger charge is 2.33. The molecule has 4 nitrogen and oxygen atoms in total. The third kappa shape index (κ3) is 2.80. The van der Waals surface area contributed by atoms with Gasteiger partial charge in [0.05, 0.1) is 0 Å². The number of benzene rings is 1. The van der Waals surface area contributed by atoms with E-state index in [0.717, 1.165) is 19.4 Å². The predicted molar refractivity (Wildman–Crippen MR) is 81.3 cm³/mol. The van der Waals surface area contributed by atoms with Gasteiger partial charge in [-0.05, 0) is 51.8 Å². The number of carbonyl (C=O) groups is 1. The zero-order valence-electron chi connectivity index (χ0n) is 12.5. The van der Waals surface area contributed by atoms with Crippen molar-refractivity contribution in [2.75, 3.05) is 18.5 Å². The topological polar surface area (TPSA) is 52.6 Å². The van der Waals surface area contributed by atoms with Crippen LogP contribution < -0.4 is 10.2 Å². The maximum atomic E-state index is 11.4. The fraction of sp³-hybridized carbons (Fsp3) is 0.562. The number of nitrogens with zero attached hydrogens (tertiary/aromatic N) is 1. The van der Waals surface area contributed by atoms with Gasteiger partial charge in [0, 0.05) is 18.3 Å². The third-order valence-corrected chi connectivity index (χ3v) is 4.54. The number of aryl methyl sites for hydroxylation is 1. The van der Waals surface area contributed by atoms with Gasteiger partial charge < -0.3 is 15.3 Å². The number of aliphatic carboxylic acids is 1. The van der Waals surface area contributed by atoms with E-state index >= 15 is 0 Å². The summed E-state index contributed by atoms with van der Waals surface area (Å²) in [4.78, 5) is 13.7. The Hall–Kier alpha value is -1.55. The van der Waals surface area contributed by atoms with Crippen LogP contribution in [0.3, 0.4) is 0 Å². The number of para-hydroxylation sites is 1. The van der Waals surface area contributed by atoms with Crippen molar-refractivity contribution in [2.24, 2.45) is 0 Å². The second-order valence-corrected chi connectivity index (χ2v) is 5.85. The summed E-state index contributed by atoms with van der Waals surface area (Å²) < 4.78 is 0. The normalized spacial score (nSPS) is 21.1. The van der Waals surface area contributed by atoms with Crippen LogP contribution in [0, 0.1) is 0 Å². The van der Waals surface area contributed by atoms with E-state index in [1.807, 2.05) is 0 Å². The molecule has 2 atom stereocenters. The van der Waals surface area contributed by atoms with Crippen molar-refractivity contribution in [3.63, 3.8) is 0 Å². The van der Waals surface area contributed by atoms with Gasteiger partial charge >= 0.3 is 5.97 Å². The minimum absolute atomic E-state index is 0.458. The van der Waals surface area contributed by atoms with E-state index in [4.69, 9.17) is 0 Å². The van der Waals surface area contributed by atoms with Gasteiger partial charge in [-0.25, -0.2) is 0 Å². The molecule has 0 amide bonds. The first kappa shape index (κ1) is 14.9. The molecule has 0 saturated carbocycles. The number of hydrogen-bond donors (Lipinski definition) is 2. The maximum Gasteiger partial charge on any atom is 0.323 e. The molecule has 1 aliphatic rings. The highest BCUT2D eigenvalue weighted by molar-refractivity contribution is 5.78. The minimum Gasteiger partial charge on any atom is -0.480 e. The Morgan fingerprint density at radius 2 is 2.20 bits per heavy atom. The first-order valence-electron chi connectivity index (χ1n) is 7.25. The number of fused-ring (bicyclic) bond motifs is 1. The number of carboxylic acids is 1. The van der Waals surface area contributed by atoms with Crippen LogP contribution in [0.4, 0.5) is 5.69 Å². The number of likely N-dealkylation sites (N-methyl/N-ethyl adjacent to an activating group) is 1. The molecular weight excluding hydrogens is 252 g/mol.